The molecule has 146 valence electrons. The van der Waals surface area contributed by atoms with Crippen molar-refractivity contribution in [2.75, 3.05) is 31.1 Å². The Balaban J connectivity index is 1.60. The molecule has 2 aromatic carbocycles. The predicted molar refractivity (Wildman–Crippen MR) is 104 cm³/mol. The van der Waals surface area contributed by atoms with E-state index in [2.05, 4.69) is 4.98 Å². The zero-order valence-electron chi connectivity index (χ0n) is 14.6. The average Bonchev–Trinajstić information content (AvgIpc) is 2.70. The molecule has 0 radical (unpaired) electrons. The van der Waals surface area contributed by atoms with Crippen LogP contribution in [-0.2, 0) is 10.0 Å². The van der Waals surface area contributed by atoms with Gasteiger partial charge in [0.1, 0.15) is 17.2 Å². The summed E-state index contributed by atoms with van der Waals surface area (Å²) in [7, 11) is -3.67. The van der Waals surface area contributed by atoms with E-state index in [1.807, 2.05) is 4.90 Å². The van der Waals surface area contributed by atoms with Crippen LogP contribution >= 0.6 is 11.6 Å². The van der Waals surface area contributed by atoms with E-state index in [-0.39, 0.29) is 28.9 Å². The fourth-order valence-corrected chi connectivity index (χ4v) is 5.11. The Kier molecular flexibility index (Phi) is 4.95. The molecule has 1 aromatic heterocycles. The van der Waals surface area contributed by atoms with Gasteiger partial charge in [0.2, 0.25) is 10.0 Å². The number of sulfonamides is 1. The van der Waals surface area contributed by atoms with Gasteiger partial charge in [-0.1, -0.05) is 17.7 Å². The molecule has 0 bridgehead atoms. The minimum Gasteiger partial charge on any atom is -0.368 e. The van der Waals surface area contributed by atoms with E-state index in [1.165, 1.54) is 22.6 Å². The first-order chi connectivity index (χ1) is 13.4. The molecule has 4 rings (SSSR count). The van der Waals surface area contributed by atoms with Crippen molar-refractivity contribution >= 4 is 38.2 Å². The highest BCUT2D eigenvalue weighted by atomic mass is 35.5. The number of piperazine rings is 1. The van der Waals surface area contributed by atoms with Gasteiger partial charge in [-0.25, -0.2) is 17.2 Å². The minimum absolute atomic E-state index is 0.0357. The van der Waals surface area contributed by atoms with E-state index in [1.54, 1.807) is 18.2 Å². The number of anilines is 1. The summed E-state index contributed by atoms with van der Waals surface area (Å²) >= 11 is 5.91. The molecule has 0 amide bonds. The van der Waals surface area contributed by atoms with E-state index in [0.717, 1.165) is 12.1 Å². The second kappa shape index (κ2) is 7.27. The molecule has 9 heteroatoms. The first-order valence-electron chi connectivity index (χ1n) is 8.61. The molecule has 1 saturated heterocycles. The highest BCUT2D eigenvalue weighted by molar-refractivity contribution is 7.89. The van der Waals surface area contributed by atoms with Crippen molar-refractivity contribution in [1.29, 1.82) is 0 Å². The summed E-state index contributed by atoms with van der Waals surface area (Å²) in [4.78, 5) is 5.92. The van der Waals surface area contributed by atoms with E-state index in [0.29, 0.717) is 23.8 Å². The van der Waals surface area contributed by atoms with Gasteiger partial charge >= 0.3 is 0 Å². The largest absolute Gasteiger partial charge is 0.368 e. The number of halogens is 3. The highest BCUT2D eigenvalue weighted by Gasteiger charge is 2.29. The molecular weight excluding hydrogens is 408 g/mol. The van der Waals surface area contributed by atoms with Gasteiger partial charge in [-0.15, -0.1) is 0 Å². The molecule has 0 N–H and O–H groups in total. The smallest absolute Gasteiger partial charge is 0.243 e. The Bertz CT molecular complexity index is 1150. The maximum absolute atomic E-state index is 14.4. The molecule has 28 heavy (non-hydrogen) atoms. The summed E-state index contributed by atoms with van der Waals surface area (Å²) in [6.45, 7) is 1.12. The summed E-state index contributed by atoms with van der Waals surface area (Å²) in [5.41, 5.74) is 0.466. The Morgan fingerprint density at radius 1 is 0.964 bits per heavy atom. The summed E-state index contributed by atoms with van der Waals surface area (Å²) < 4.78 is 55.4. The van der Waals surface area contributed by atoms with Gasteiger partial charge in [0.15, 0.2) is 0 Å². The molecule has 0 unspecified atom stereocenters. The van der Waals surface area contributed by atoms with Crippen LogP contribution < -0.4 is 4.90 Å². The normalized spacial score (nSPS) is 15.9. The van der Waals surface area contributed by atoms with Gasteiger partial charge in [-0.05, 0) is 36.4 Å². The van der Waals surface area contributed by atoms with Crippen LogP contribution in [-0.4, -0.2) is 43.9 Å². The zero-order chi connectivity index (χ0) is 19.9. The number of fused-ring (bicyclic) bond motifs is 1. The molecule has 0 spiro atoms. The van der Waals surface area contributed by atoms with Gasteiger partial charge in [-0.3, -0.25) is 4.98 Å². The van der Waals surface area contributed by atoms with Gasteiger partial charge < -0.3 is 4.90 Å². The lowest BCUT2D eigenvalue weighted by molar-refractivity contribution is 0.385. The Morgan fingerprint density at radius 2 is 1.68 bits per heavy atom. The second-order valence-electron chi connectivity index (χ2n) is 6.43. The van der Waals surface area contributed by atoms with Crippen LogP contribution in [0.1, 0.15) is 0 Å². The monoisotopic (exact) mass is 423 g/mol. The van der Waals surface area contributed by atoms with Crippen molar-refractivity contribution < 1.29 is 17.2 Å². The van der Waals surface area contributed by atoms with Gasteiger partial charge in [-0.2, -0.15) is 4.31 Å². The highest BCUT2D eigenvalue weighted by Crippen LogP contribution is 2.31. The molecule has 0 saturated carbocycles. The summed E-state index contributed by atoms with van der Waals surface area (Å²) in [5.74, 6) is -1.16. The van der Waals surface area contributed by atoms with E-state index < -0.39 is 21.7 Å². The van der Waals surface area contributed by atoms with Crippen LogP contribution in [0.4, 0.5) is 14.5 Å². The van der Waals surface area contributed by atoms with E-state index in [9.17, 15) is 17.2 Å². The lowest BCUT2D eigenvalue weighted by Crippen LogP contribution is -2.48. The predicted octanol–water partition coefficient (Wildman–Crippen LogP) is 3.68. The third kappa shape index (κ3) is 3.32. The van der Waals surface area contributed by atoms with Crippen molar-refractivity contribution in [2.24, 2.45) is 0 Å². The average molecular weight is 424 g/mol. The Labute approximate surface area is 166 Å². The van der Waals surface area contributed by atoms with Crippen LogP contribution in [0, 0.1) is 11.6 Å². The number of hydrogen-bond acceptors (Lipinski definition) is 4. The first kappa shape index (κ1) is 19.0. The maximum Gasteiger partial charge on any atom is 0.243 e. The fourth-order valence-electron chi connectivity index (χ4n) is 3.39. The summed E-state index contributed by atoms with van der Waals surface area (Å²) in [6.07, 6.45) is 1.43. The Morgan fingerprint density at radius 3 is 2.39 bits per heavy atom. The molecule has 0 aliphatic carbocycles. The van der Waals surface area contributed by atoms with Crippen molar-refractivity contribution in [3.8, 4) is 0 Å². The van der Waals surface area contributed by atoms with E-state index >= 15 is 0 Å². The Hall–Kier alpha value is -2.29. The SMILES string of the molecule is O=S(=O)(c1cccc(Cl)c1)N1CCN(c2ccnc3c(F)ccc(F)c23)CC1. The topological polar surface area (TPSA) is 53.5 Å². The number of nitrogens with zero attached hydrogens (tertiary/aromatic N) is 3. The standard InChI is InChI=1S/C19H16ClF2N3O2S/c20-13-2-1-3-14(12-13)28(26,27)25-10-8-24(9-11-25)17-6-7-23-19-16(22)5-4-15(21)18(17)19/h1-7,12H,8-11H2. The summed E-state index contributed by atoms with van der Waals surface area (Å²) in [5, 5.41) is 0.453. The lowest BCUT2D eigenvalue weighted by atomic mass is 10.1. The zero-order valence-corrected chi connectivity index (χ0v) is 16.2. The third-order valence-corrected chi connectivity index (χ3v) is 6.91. The van der Waals surface area contributed by atoms with Crippen LogP contribution in [0.25, 0.3) is 10.9 Å². The molecular formula is C19H16ClF2N3O2S. The van der Waals surface area contributed by atoms with Gasteiger partial charge in [0.05, 0.1) is 16.0 Å². The molecule has 5 nitrogen and oxygen atoms in total. The molecule has 0 atom stereocenters. The van der Waals surface area contributed by atoms with Crippen LogP contribution in [0.15, 0.2) is 53.6 Å². The number of rotatable bonds is 3. The molecule has 1 fully saturated rings. The maximum atomic E-state index is 14.4. The van der Waals surface area contributed by atoms with Crippen LogP contribution in [0.5, 0.6) is 0 Å². The number of pyridine rings is 1. The number of hydrogen-bond donors (Lipinski definition) is 0. The second-order valence-corrected chi connectivity index (χ2v) is 8.81. The number of aromatic nitrogens is 1. The molecule has 1 aliphatic rings. The lowest BCUT2D eigenvalue weighted by Gasteiger charge is -2.35. The van der Waals surface area contributed by atoms with Crippen LogP contribution in [0.3, 0.4) is 0 Å². The van der Waals surface area contributed by atoms with Crippen molar-refractivity contribution in [3.05, 3.63) is 65.3 Å². The first-order valence-corrected chi connectivity index (χ1v) is 10.4. The van der Waals surface area contributed by atoms with E-state index in [4.69, 9.17) is 11.6 Å². The summed E-state index contributed by atoms with van der Waals surface area (Å²) in [6, 6.07) is 9.85. The number of benzene rings is 2. The van der Waals surface area contributed by atoms with Crippen molar-refractivity contribution in [3.63, 3.8) is 0 Å². The van der Waals surface area contributed by atoms with Crippen molar-refractivity contribution in [1.82, 2.24) is 9.29 Å². The van der Waals surface area contributed by atoms with Gasteiger partial charge in [0.25, 0.3) is 0 Å². The van der Waals surface area contributed by atoms with Crippen LogP contribution in [0.2, 0.25) is 5.02 Å². The van der Waals surface area contributed by atoms with Gasteiger partial charge in [0, 0.05) is 37.4 Å². The molecule has 1 aliphatic heterocycles. The third-order valence-electron chi connectivity index (χ3n) is 4.78. The van der Waals surface area contributed by atoms with Crippen molar-refractivity contribution in [2.45, 2.75) is 4.90 Å². The fraction of sp³-hybridized carbons (Fsp3) is 0.211. The quantitative estimate of drug-likeness (QED) is 0.645. The minimum atomic E-state index is -3.67. The molecule has 2 heterocycles. The molecule has 3 aromatic rings.